The number of nitrogens with zero attached hydrogens (tertiary/aromatic N) is 1. The van der Waals surface area contributed by atoms with E-state index in [0.29, 0.717) is 17.2 Å². The number of nitrogens with two attached hydrogens (primary N) is 1. The van der Waals surface area contributed by atoms with E-state index in [9.17, 15) is 4.79 Å². The summed E-state index contributed by atoms with van der Waals surface area (Å²) in [6.45, 7) is 13.2. The number of rotatable bonds is 2. The molecule has 3 nitrogen and oxygen atoms in total. The fourth-order valence-corrected chi connectivity index (χ4v) is 4.13. The zero-order chi connectivity index (χ0) is 15.8. The summed E-state index contributed by atoms with van der Waals surface area (Å²) in [5, 5.41) is 0. The molecule has 0 aromatic heterocycles. The molecule has 1 aliphatic carbocycles. The molecule has 3 unspecified atom stereocenters. The van der Waals surface area contributed by atoms with Crippen LogP contribution in [0.2, 0.25) is 0 Å². The first-order chi connectivity index (χ1) is 9.71. The highest BCUT2D eigenvalue weighted by molar-refractivity contribution is 5.80. The van der Waals surface area contributed by atoms with Gasteiger partial charge in [0.25, 0.3) is 0 Å². The van der Waals surface area contributed by atoms with Crippen LogP contribution >= 0.6 is 0 Å². The molecule has 0 bridgehead atoms. The summed E-state index contributed by atoms with van der Waals surface area (Å²) < 4.78 is 0. The Labute approximate surface area is 130 Å². The first kappa shape index (κ1) is 16.8. The maximum Gasteiger partial charge on any atom is 0.226 e. The molecule has 2 rings (SSSR count). The molecule has 1 saturated carbocycles. The fourth-order valence-electron chi connectivity index (χ4n) is 4.13. The molecule has 0 radical (unpaired) electrons. The van der Waals surface area contributed by atoms with E-state index < -0.39 is 0 Å². The molecular formula is C18H34N2O. The topological polar surface area (TPSA) is 46.3 Å². The van der Waals surface area contributed by atoms with Gasteiger partial charge in [-0.15, -0.1) is 0 Å². The minimum atomic E-state index is 0.0141. The molecular weight excluding hydrogens is 260 g/mol. The number of carbonyl (C=O) groups is 1. The molecule has 1 heterocycles. The fraction of sp³-hybridized carbons (Fsp3) is 0.944. The third kappa shape index (κ3) is 3.13. The summed E-state index contributed by atoms with van der Waals surface area (Å²) in [6.07, 6.45) is 5.46. The van der Waals surface area contributed by atoms with Gasteiger partial charge in [-0.2, -0.15) is 0 Å². The van der Waals surface area contributed by atoms with Crippen molar-refractivity contribution < 1.29 is 4.79 Å². The Morgan fingerprint density at radius 3 is 2.29 bits per heavy atom. The van der Waals surface area contributed by atoms with Crippen LogP contribution in [0.25, 0.3) is 0 Å². The maximum atomic E-state index is 13.0. The highest BCUT2D eigenvalue weighted by atomic mass is 16.2. The van der Waals surface area contributed by atoms with Crippen LogP contribution in [0, 0.1) is 22.7 Å². The Morgan fingerprint density at radius 1 is 1.19 bits per heavy atom. The molecule has 3 heteroatoms. The van der Waals surface area contributed by atoms with Gasteiger partial charge in [-0.3, -0.25) is 4.79 Å². The number of amides is 1. The number of piperidine rings is 1. The molecule has 2 aliphatic rings. The lowest BCUT2D eigenvalue weighted by Crippen LogP contribution is -2.54. The van der Waals surface area contributed by atoms with Gasteiger partial charge in [-0.25, -0.2) is 0 Å². The summed E-state index contributed by atoms with van der Waals surface area (Å²) >= 11 is 0. The highest BCUT2D eigenvalue weighted by Gasteiger charge is 2.46. The summed E-state index contributed by atoms with van der Waals surface area (Å²) in [5.74, 6) is 0.945. The van der Waals surface area contributed by atoms with E-state index in [0.717, 1.165) is 38.8 Å². The first-order valence-electron chi connectivity index (χ1n) is 8.75. The van der Waals surface area contributed by atoms with Crippen molar-refractivity contribution in [2.45, 2.75) is 72.8 Å². The predicted octanol–water partition coefficient (Wildman–Crippen LogP) is 3.42. The van der Waals surface area contributed by atoms with Crippen LogP contribution < -0.4 is 5.73 Å². The molecule has 1 amide bonds. The Hall–Kier alpha value is -0.570. The lowest BCUT2D eigenvalue weighted by Gasteiger charge is -2.48. The standard InChI is InChI=1S/C18H34N2O/c1-6-18(5)9-11-20(12-10-18)16(21)14-7-8-15(19)13(2)17(14,3)4/h13-15H,6-12,19H2,1-5H3. The van der Waals surface area contributed by atoms with Crippen LogP contribution in [0.3, 0.4) is 0 Å². The zero-order valence-corrected chi connectivity index (χ0v) is 14.6. The Balaban J connectivity index is 2.04. The summed E-state index contributed by atoms with van der Waals surface area (Å²) in [7, 11) is 0. The number of carbonyl (C=O) groups excluding carboxylic acids is 1. The normalized spacial score (nSPS) is 35.5. The van der Waals surface area contributed by atoms with Crippen molar-refractivity contribution >= 4 is 5.91 Å². The SMILES string of the molecule is CCC1(C)CCN(C(=O)C2CCC(N)C(C)C2(C)C)CC1. The van der Waals surface area contributed by atoms with Crippen molar-refractivity contribution in [2.75, 3.05) is 13.1 Å². The second-order valence-electron chi connectivity index (χ2n) is 8.39. The minimum Gasteiger partial charge on any atom is -0.342 e. The lowest BCUT2D eigenvalue weighted by molar-refractivity contribution is -0.145. The van der Waals surface area contributed by atoms with Crippen LogP contribution in [0.1, 0.15) is 66.7 Å². The molecule has 21 heavy (non-hydrogen) atoms. The van der Waals surface area contributed by atoms with Crippen molar-refractivity contribution in [2.24, 2.45) is 28.4 Å². The van der Waals surface area contributed by atoms with Gasteiger partial charge in [0, 0.05) is 25.0 Å². The average Bonchev–Trinajstić information content (AvgIpc) is 2.45. The number of likely N-dealkylation sites (tertiary alicyclic amines) is 1. The summed E-state index contributed by atoms with van der Waals surface area (Å²) in [6, 6.07) is 0.244. The van der Waals surface area contributed by atoms with E-state index in [4.69, 9.17) is 5.73 Å². The van der Waals surface area contributed by atoms with E-state index in [1.165, 1.54) is 6.42 Å². The van der Waals surface area contributed by atoms with Crippen molar-refractivity contribution in [3.8, 4) is 0 Å². The molecule has 0 aromatic rings. The van der Waals surface area contributed by atoms with Crippen molar-refractivity contribution in [3.05, 3.63) is 0 Å². The predicted molar refractivity (Wildman–Crippen MR) is 87.9 cm³/mol. The Bertz CT molecular complexity index is 383. The molecule has 1 saturated heterocycles. The molecule has 2 N–H and O–H groups in total. The van der Waals surface area contributed by atoms with Gasteiger partial charge < -0.3 is 10.6 Å². The molecule has 1 aliphatic heterocycles. The van der Waals surface area contributed by atoms with Crippen molar-refractivity contribution in [1.82, 2.24) is 4.90 Å². The molecule has 3 atom stereocenters. The zero-order valence-electron chi connectivity index (χ0n) is 14.6. The van der Waals surface area contributed by atoms with Gasteiger partial charge in [-0.05, 0) is 42.4 Å². The van der Waals surface area contributed by atoms with Gasteiger partial charge in [0.05, 0.1) is 0 Å². The smallest absolute Gasteiger partial charge is 0.226 e. The van der Waals surface area contributed by atoms with Gasteiger partial charge in [0.15, 0.2) is 0 Å². The summed E-state index contributed by atoms with van der Waals surface area (Å²) in [5.41, 5.74) is 6.68. The van der Waals surface area contributed by atoms with E-state index in [2.05, 4.69) is 39.5 Å². The molecule has 0 aromatic carbocycles. The average molecular weight is 294 g/mol. The molecule has 2 fully saturated rings. The maximum absolute atomic E-state index is 13.0. The van der Waals surface area contributed by atoms with Gasteiger partial charge in [0.1, 0.15) is 0 Å². The van der Waals surface area contributed by atoms with Gasteiger partial charge in [-0.1, -0.05) is 41.0 Å². The van der Waals surface area contributed by atoms with Crippen LogP contribution in [0.4, 0.5) is 0 Å². The molecule has 0 spiro atoms. The highest BCUT2D eigenvalue weighted by Crippen LogP contribution is 2.46. The summed E-state index contributed by atoms with van der Waals surface area (Å²) in [4.78, 5) is 15.1. The monoisotopic (exact) mass is 294 g/mol. The number of hydrogen-bond donors (Lipinski definition) is 1. The Morgan fingerprint density at radius 2 is 1.76 bits per heavy atom. The third-order valence-corrected chi connectivity index (χ3v) is 6.94. The van der Waals surface area contributed by atoms with Gasteiger partial charge in [0.2, 0.25) is 5.91 Å². The van der Waals surface area contributed by atoms with Crippen LogP contribution in [-0.2, 0) is 4.79 Å². The van der Waals surface area contributed by atoms with Crippen molar-refractivity contribution in [3.63, 3.8) is 0 Å². The van der Waals surface area contributed by atoms with Crippen LogP contribution in [0.15, 0.2) is 0 Å². The number of hydrogen-bond acceptors (Lipinski definition) is 2. The van der Waals surface area contributed by atoms with E-state index in [1.54, 1.807) is 0 Å². The largest absolute Gasteiger partial charge is 0.342 e. The second kappa shape index (κ2) is 5.91. The Kier molecular flexibility index (Phi) is 4.72. The van der Waals surface area contributed by atoms with E-state index in [1.807, 2.05) is 0 Å². The quantitative estimate of drug-likeness (QED) is 0.848. The lowest BCUT2D eigenvalue weighted by atomic mass is 9.60. The van der Waals surface area contributed by atoms with Gasteiger partial charge >= 0.3 is 0 Å². The molecule has 122 valence electrons. The first-order valence-corrected chi connectivity index (χ1v) is 8.75. The van der Waals surface area contributed by atoms with Crippen LogP contribution in [0.5, 0.6) is 0 Å². The van der Waals surface area contributed by atoms with Crippen LogP contribution in [-0.4, -0.2) is 29.9 Å². The van der Waals surface area contributed by atoms with E-state index >= 15 is 0 Å². The third-order valence-electron chi connectivity index (χ3n) is 6.94. The van der Waals surface area contributed by atoms with Crippen molar-refractivity contribution in [1.29, 1.82) is 0 Å². The second-order valence-corrected chi connectivity index (χ2v) is 8.39. The minimum absolute atomic E-state index is 0.0141. The van der Waals surface area contributed by atoms with E-state index in [-0.39, 0.29) is 17.4 Å².